The fourth-order valence-corrected chi connectivity index (χ4v) is 4.31. The molecule has 7 heteroatoms. The van der Waals surface area contributed by atoms with Gasteiger partial charge in [0.05, 0.1) is 0 Å². The average molecular weight is 391 g/mol. The molecule has 2 aliphatic rings. The number of carbonyl (C=O) groups excluding carboxylic acids is 2. The van der Waals surface area contributed by atoms with Gasteiger partial charge in [-0.05, 0) is 38.5 Å². The number of rotatable bonds is 8. The van der Waals surface area contributed by atoms with Crippen molar-refractivity contribution in [3.05, 3.63) is 11.7 Å². The van der Waals surface area contributed by atoms with Gasteiger partial charge in [-0.1, -0.05) is 25.4 Å². The number of likely N-dealkylation sites (tertiary alicyclic amines) is 1. The van der Waals surface area contributed by atoms with E-state index in [1.165, 1.54) is 6.42 Å². The smallest absolute Gasteiger partial charge is 0.229 e. The van der Waals surface area contributed by atoms with Crippen LogP contribution in [0.25, 0.3) is 0 Å². The molecule has 0 N–H and O–H groups in total. The highest BCUT2D eigenvalue weighted by Gasteiger charge is 2.31. The van der Waals surface area contributed by atoms with Gasteiger partial charge in [0.15, 0.2) is 5.82 Å². The van der Waals surface area contributed by atoms with Crippen molar-refractivity contribution in [3.63, 3.8) is 0 Å². The summed E-state index contributed by atoms with van der Waals surface area (Å²) in [5, 5.41) is 4.10. The van der Waals surface area contributed by atoms with E-state index in [-0.39, 0.29) is 23.8 Å². The molecule has 2 amide bonds. The second kappa shape index (κ2) is 9.52. The lowest BCUT2D eigenvalue weighted by Crippen LogP contribution is -2.52. The predicted octanol–water partition coefficient (Wildman–Crippen LogP) is 3.16. The molecule has 3 rings (SSSR count). The van der Waals surface area contributed by atoms with Crippen molar-refractivity contribution >= 4 is 11.8 Å². The number of hydrogen-bond acceptors (Lipinski definition) is 5. The molecule has 7 nitrogen and oxygen atoms in total. The van der Waals surface area contributed by atoms with Crippen LogP contribution in [-0.2, 0) is 16.0 Å². The fourth-order valence-electron chi connectivity index (χ4n) is 4.31. The maximum Gasteiger partial charge on any atom is 0.229 e. The molecule has 1 saturated carbocycles. The first-order valence-electron chi connectivity index (χ1n) is 10.9. The first-order valence-corrected chi connectivity index (χ1v) is 10.9. The largest absolute Gasteiger partial charge is 0.340 e. The van der Waals surface area contributed by atoms with E-state index in [4.69, 9.17) is 4.52 Å². The summed E-state index contributed by atoms with van der Waals surface area (Å²) in [6, 6.07) is 0.0718. The quantitative estimate of drug-likeness (QED) is 0.681. The van der Waals surface area contributed by atoms with Crippen molar-refractivity contribution in [1.29, 1.82) is 0 Å². The number of amides is 2. The van der Waals surface area contributed by atoms with E-state index < -0.39 is 0 Å². The number of carbonyl (C=O) groups is 2. The van der Waals surface area contributed by atoms with Crippen LogP contribution in [0, 0.1) is 5.92 Å². The fraction of sp³-hybridized carbons (Fsp3) is 0.810. The van der Waals surface area contributed by atoms with Crippen LogP contribution in [0.5, 0.6) is 0 Å². The van der Waals surface area contributed by atoms with E-state index in [9.17, 15) is 9.59 Å². The summed E-state index contributed by atoms with van der Waals surface area (Å²) in [5.74, 6) is 2.22. The van der Waals surface area contributed by atoms with E-state index in [1.54, 1.807) is 6.92 Å². The summed E-state index contributed by atoms with van der Waals surface area (Å²) < 4.78 is 5.39. The van der Waals surface area contributed by atoms with Crippen LogP contribution in [0.2, 0.25) is 0 Å². The average Bonchev–Trinajstić information content (AvgIpc) is 3.09. The van der Waals surface area contributed by atoms with Crippen molar-refractivity contribution in [3.8, 4) is 0 Å². The maximum absolute atomic E-state index is 12.8. The Morgan fingerprint density at radius 2 is 1.96 bits per heavy atom. The van der Waals surface area contributed by atoms with Crippen molar-refractivity contribution in [2.45, 2.75) is 84.1 Å². The number of piperidine rings is 1. The second-order valence-electron chi connectivity index (χ2n) is 8.23. The molecule has 1 saturated heterocycles. The van der Waals surface area contributed by atoms with Gasteiger partial charge in [0.1, 0.15) is 0 Å². The summed E-state index contributed by atoms with van der Waals surface area (Å²) >= 11 is 0. The van der Waals surface area contributed by atoms with Crippen LogP contribution in [-0.4, -0.2) is 57.4 Å². The predicted molar refractivity (Wildman–Crippen MR) is 106 cm³/mol. The van der Waals surface area contributed by atoms with Crippen molar-refractivity contribution < 1.29 is 14.1 Å². The molecule has 1 aromatic heterocycles. The summed E-state index contributed by atoms with van der Waals surface area (Å²) in [5.41, 5.74) is 0. The summed E-state index contributed by atoms with van der Waals surface area (Å²) in [6.07, 6.45) is 7.69. The van der Waals surface area contributed by atoms with Crippen LogP contribution in [0.15, 0.2) is 4.52 Å². The van der Waals surface area contributed by atoms with Gasteiger partial charge in [-0.2, -0.15) is 4.98 Å². The van der Waals surface area contributed by atoms with Crippen LogP contribution >= 0.6 is 0 Å². The molecule has 0 radical (unpaired) electrons. The molecule has 28 heavy (non-hydrogen) atoms. The standard InChI is InChI=1S/C21H34N4O3/c1-4-16(5-2)21(27)24-12-7-10-18(14-24)25(15(3)26)13-11-19-22-20(28-23-19)17-8-6-9-17/h16-18H,4-14H2,1-3H3. The molecule has 2 fully saturated rings. The monoisotopic (exact) mass is 390 g/mol. The van der Waals surface area contributed by atoms with Gasteiger partial charge in [-0.25, -0.2) is 0 Å². The van der Waals surface area contributed by atoms with Crippen molar-refractivity contribution in [2.75, 3.05) is 19.6 Å². The van der Waals surface area contributed by atoms with Crippen molar-refractivity contribution in [2.24, 2.45) is 5.92 Å². The Labute approximate surface area is 167 Å². The van der Waals surface area contributed by atoms with Gasteiger partial charge >= 0.3 is 0 Å². The normalized spacial score (nSPS) is 20.3. The van der Waals surface area contributed by atoms with Crippen molar-refractivity contribution in [1.82, 2.24) is 19.9 Å². The Balaban J connectivity index is 1.58. The Morgan fingerprint density at radius 3 is 2.57 bits per heavy atom. The molecule has 1 aromatic rings. The zero-order valence-corrected chi connectivity index (χ0v) is 17.5. The van der Waals surface area contributed by atoms with E-state index in [2.05, 4.69) is 24.0 Å². The van der Waals surface area contributed by atoms with Crippen LogP contribution < -0.4 is 0 Å². The van der Waals surface area contributed by atoms with Crippen LogP contribution in [0.4, 0.5) is 0 Å². The highest BCUT2D eigenvalue weighted by Crippen LogP contribution is 2.35. The lowest BCUT2D eigenvalue weighted by Gasteiger charge is -2.40. The number of nitrogens with zero attached hydrogens (tertiary/aromatic N) is 4. The second-order valence-corrected chi connectivity index (χ2v) is 8.23. The zero-order valence-electron chi connectivity index (χ0n) is 17.5. The third-order valence-electron chi connectivity index (χ3n) is 6.40. The summed E-state index contributed by atoms with van der Waals surface area (Å²) in [6.45, 7) is 7.74. The third kappa shape index (κ3) is 4.73. The number of hydrogen-bond donors (Lipinski definition) is 0. The molecule has 1 aliphatic carbocycles. The van der Waals surface area contributed by atoms with Crippen LogP contribution in [0.1, 0.15) is 83.3 Å². The van der Waals surface area contributed by atoms with Crippen LogP contribution in [0.3, 0.4) is 0 Å². The van der Waals surface area contributed by atoms with Gasteiger partial charge < -0.3 is 14.3 Å². The molecule has 1 atom stereocenters. The molecule has 1 unspecified atom stereocenters. The minimum atomic E-state index is 0.0459. The van der Waals surface area contributed by atoms with Gasteiger partial charge in [-0.3, -0.25) is 9.59 Å². The lowest BCUT2D eigenvalue weighted by atomic mass is 9.85. The van der Waals surface area contributed by atoms with E-state index in [0.29, 0.717) is 31.3 Å². The van der Waals surface area contributed by atoms with Gasteiger partial charge in [-0.15, -0.1) is 0 Å². The van der Waals surface area contributed by atoms with E-state index >= 15 is 0 Å². The Morgan fingerprint density at radius 1 is 1.21 bits per heavy atom. The maximum atomic E-state index is 12.8. The molecule has 0 spiro atoms. The first-order chi connectivity index (χ1) is 13.5. The highest BCUT2D eigenvalue weighted by atomic mass is 16.5. The summed E-state index contributed by atoms with van der Waals surface area (Å²) in [7, 11) is 0. The lowest BCUT2D eigenvalue weighted by molar-refractivity contribution is -0.141. The topological polar surface area (TPSA) is 79.5 Å². The molecule has 0 aromatic carbocycles. The molecule has 1 aliphatic heterocycles. The van der Waals surface area contributed by atoms with E-state index in [1.807, 2.05) is 9.80 Å². The SMILES string of the molecule is CCC(CC)C(=O)N1CCCC(N(CCc2noc(C3CCC3)n2)C(C)=O)C1. The molecular weight excluding hydrogens is 356 g/mol. The van der Waals surface area contributed by atoms with Gasteiger partial charge in [0, 0.05) is 50.9 Å². The van der Waals surface area contributed by atoms with E-state index in [0.717, 1.165) is 51.0 Å². The highest BCUT2D eigenvalue weighted by molar-refractivity contribution is 5.79. The zero-order chi connectivity index (χ0) is 20.1. The Kier molecular flexibility index (Phi) is 7.08. The summed E-state index contributed by atoms with van der Waals surface area (Å²) in [4.78, 5) is 33.5. The Bertz CT molecular complexity index is 666. The minimum Gasteiger partial charge on any atom is -0.340 e. The number of aromatic nitrogens is 2. The molecule has 0 bridgehead atoms. The first kappa shape index (κ1) is 20.8. The molecular formula is C21H34N4O3. The minimum absolute atomic E-state index is 0.0459. The Hall–Kier alpha value is -1.92. The molecule has 2 heterocycles. The third-order valence-corrected chi connectivity index (χ3v) is 6.40. The molecule has 156 valence electrons. The van der Waals surface area contributed by atoms with Gasteiger partial charge in [0.25, 0.3) is 0 Å². The van der Waals surface area contributed by atoms with Gasteiger partial charge in [0.2, 0.25) is 17.7 Å².